The van der Waals surface area contributed by atoms with Crippen LogP contribution in [0.2, 0.25) is 10.2 Å². The summed E-state index contributed by atoms with van der Waals surface area (Å²) in [7, 11) is 0. The summed E-state index contributed by atoms with van der Waals surface area (Å²) in [5.74, 6) is 1.39. The molecule has 2 fully saturated rings. The van der Waals surface area contributed by atoms with Gasteiger partial charge in [0.1, 0.15) is 16.8 Å². The number of piperazine rings is 1. The Kier molecular flexibility index (Phi) is 9.18. The number of piperidine rings is 1. The minimum atomic E-state index is -0.0832. The molecule has 2 aliphatic heterocycles. The Labute approximate surface area is 218 Å². The second-order valence-electron chi connectivity index (χ2n) is 10.2. The van der Waals surface area contributed by atoms with Crippen LogP contribution in [0, 0.1) is 5.92 Å². The van der Waals surface area contributed by atoms with Gasteiger partial charge in [0.2, 0.25) is 12.3 Å². The highest BCUT2D eigenvalue weighted by Gasteiger charge is 2.31. The van der Waals surface area contributed by atoms with Gasteiger partial charge >= 0.3 is 0 Å². The molecule has 3 heterocycles. The molecule has 2 saturated heterocycles. The van der Waals surface area contributed by atoms with Crippen LogP contribution >= 0.6 is 23.2 Å². The van der Waals surface area contributed by atoms with Gasteiger partial charge in [-0.3, -0.25) is 19.5 Å². The summed E-state index contributed by atoms with van der Waals surface area (Å²) in [6.45, 7) is 16.8. The lowest BCUT2D eigenvalue weighted by Gasteiger charge is -2.42. The van der Waals surface area contributed by atoms with E-state index in [1.54, 1.807) is 11.0 Å². The average molecular weight is 524 g/mol. The molecule has 0 bridgehead atoms. The van der Waals surface area contributed by atoms with Crippen molar-refractivity contribution in [2.45, 2.75) is 52.1 Å². The van der Waals surface area contributed by atoms with Crippen molar-refractivity contribution in [1.29, 1.82) is 0 Å². The van der Waals surface area contributed by atoms with Crippen molar-refractivity contribution in [3.8, 4) is 0 Å². The number of nitrogens with one attached hydrogen (secondary N) is 1. The lowest BCUT2D eigenvalue weighted by atomic mass is 9.93. The molecule has 0 spiro atoms. The van der Waals surface area contributed by atoms with E-state index in [2.05, 4.69) is 54.4 Å². The number of likely N-dealkylation sites (tertiary alicyclic amines) is 1. The Morgan fingerprint density at radius 2 is 1.94 bits per heavy atom. The van der Waals surface area contributed by atoms with Crippen LogP contribution in [0.25, 0.3) is 0 Å². The quantitative estimate of drug-likeness (QED) is 0.201. The van der Waals surface area contributed by atoms with Gasteiger partial charge in [-0.25, -0.2) is 4.98 Å². The first-order chi connectivity index (χ1) is 16.5. The number of carbonyl (C=O) groups is 2. The van der Waals surface area contributed by atoms with E-state index in [-0.39, 0.29) is 27.7 Å². The Balaban J connectivity index is 1.90. The molecule has 1 unspecified atom stereocenters. The molecular formula is C25H36Cl2N6O2. The second-order valence-corrected chi connectivity index (χ2v) is 11.0. The van der Waals surface area contributed by atoms with Crippen LogP contribution < -0.4 is 5.32 Å². The van der Waals surface area contributed by atoms with Crippen molar-refractivity contribution in [2.24, 2.45) is 10.9 Å². The second kappa shape index (κ2) is 11.7. The maximum Gasteiger partial charge on any atom is 0.246 e. The number of rotatable bonds is 6. The largest absolute Gasteiger partial charge is 0.350 e. The van der Waals surface area contributed by atoms with E-state index >= 15 is 0 Å². The number of aliphatic imine (C=N–C) groups is 1. The third-order valence-corrected chi connectivity index (χ3v) is 7.49. The molecule has 1 atom stereocenters. The van der Waals surface area contributed by atoms with Crippen LogP contribution in [0.3, 0.4) is 0 Å². The van der Waals surface area contributed by atoms with Gasteiger partial charge in [0.25, 0.3) is 0 Å². The third kappa shape index (κ3) is 6.74. The Bertz CT molecular complexity index is 969. The van der Waals surface area contributed by atoms with Gasteiger partial charge in [-0.05, 0) is 71.7 Å². The topological polar surface area (TPSA) is 81.1 Å². The fraction of sp³-hybridized carbons (Fsp3) is 0.600. The number of amidine groups is 1. The van der Waals surface area contributed by atoms with Gasteiger partial charge in [0.05, 0.1) is 10.6 Å². The summed E-state index contributed by atoms with van der Waals surface area (Å²) in [4.78, 5) is 39.3. The maximum atomic E-state index is 12.2. The number of halogens is 2. The molecule has 35 heavy (non-hydrogen) atoms. The number of pyridine rings is 1. The van der Waals surface area contributed by atoms with Crippen LogP contribution in [-0.2, 0) is 9.59 Å². The van der Waals surface area contributed by atoms with Crippen molar-refractivity contribution in [3.05, 3.63) is 34.5 Å². The zero-order valence-electron chi connectivity index (χ0n) is 21.1. The van der Waals surface area contributed by atoms with Gasteiger partial charge in [-0.15, -0.1) is 0 Å². The number of nitrogens with zero attached hydrogens (tertiary/aromatic N) is 5. The van der Waals surface area contributed by atoms with E-state index < -0.39 is 0 Å². The van der Waals surface area contributed by atoms with E-state index in [1.807, 2.05) is 0 Å². The molecule has 2 amide bonds. The predicted octanol–water partition coefficient (Wildman–Crippen LogP) is 3.93. The number of anilines is 1. The van der Waals surface area contributed by atoms with Gasteiger partial charge in [-0.1, -0.05) is 29.8 Å². The number of hydrogen-bond donors (Lipinski definition) is 1. The zero-order valence-corrected chi connectivity index (χ0v) is 22.6. The minimum Gasteiger partial charge on any atom is -0.350 e. The summed E-state index contributed by atoms with van der Waals surface area (Å²) in [5.41, 5.74) is 0.785. The van der Waals surface area contributed by atoms with Crippen LogP contribution in [-0.4, -0.2) is 88.7 Å². The molecule has 192 valence electrons. The van der Waals surface area contributed by atoms with Crippen LogP contribution in [0.1, 0.15) is 46.1 Å². The van der Waals surface area contributed by atoms with Crippen LogP contribution in [0.4, 0.5) is 5.82 Å². The smallest absolute Gasteiger partial charge is 0.246 e. The molecule has 3 rings (SSSR count). The van der Waals surface area contributed by atoms with Crippen LogP contribution in [0.5, 0.6) is 0 Å². The average Bonchev–Trinajstić information content (AvgIpc) is 2.82. The van der Waals surface area contributed by atoms with E-state index in [4.69, 9.17) is 28.2 Å². The monoisotopic (exact) mass is 522 g/mol. The molecule has 10 heteroatoms. The Morgan fingerprint density at radius 1 is 1.26 bits per heavy atom. The first-order valence-corrected chi connectivity index (χ1v) is 12.8. The van der Waals surface area contributed by atoms with Gasteiger partial charge in [0.15, 0.2) is 0 Å². The highest BCUT2D eigenvalue weighted by molar-refractivity contribution is 6.41. The number of hydrogen-bond acceptors (Lipinski definition) is 5. The summed E-state index contributed by atoms with van der Waals surface area (Å²) in [6, 6.07) is 1.70. The summed E-state index contributed by atoms with van der Waals surface area (Å²) in [6.07, 6.45) is 4.06. The first kappa shape index (κ1) is 27.4. The van der Waals surface area contributed by atoms with E-state index in [9.17, 15) is 9.59 Å². The standard InChI is InChI=1S/C25H36Cl2N6O2/c1-6-21(35)31-11-12-33(17(2)15-31)24(19-13-20(26)22(27)30-23(19)29-16-34)28-14-18-7-9-32(10-8-18)25(3,4)5/h6,13,16-18H,1,7-12,14-15H2,2-5H3,(H,29,30,34). The van der Waals surface area contributed by atoms with Gasteiger partial charge in [0, 0.05) is 37.8 Å². The molecular weight excluding hydrogens is 487 g/mol. The lowest BCUT2D eigenvalue weighted by molar-refractivity contribution is -0.128. The fourth-order valence-electron chi connectivity index (χ4n) is 4.74. The molecule has 0 radical (unpaired) electrons. The van der Waals surface area contributed by atoms with Gasteiger partial charge in [-0.2, -0.15) is 0 Å². The summed E-state index contributed by atoms with van der Waals surface area (Å²) in [5, 5.41) is 3.05. The normalized spacial score (nSPS) is 20.6. The SMILES string of the molecule is C=CC(=O)N1CCN(C(=NCC2CCN(C(C)(C)C)CC2)c2cc(Cl)c(Cl)nc2NC=O)C(C)C1. The van der Waals surface area contributed by atoms with Crippen molar-refractivity contribution in [3.63, 3.8) is 0 Å². The Morgan fingerprint density at radius 3 is 2.51 bits per heavy atom. The predicted molar refractivity (Wildman–Crippen MR) is 142 cm³/mol. The highest BCUT2D eigenvalue weighted by atomic mass is 35.5. The number of aromatic nitrogens is 1. The molecule has 0 aromatic carbocycles. The number of amides is 2. The highest BCUT2D eigenvalue weighted by Crippen LogP contribution is 2.29. The minimum absolute atomic E-state index is 0.00678. The van der Waals surface area contributed by atoms with Crippen molar-refractivity contribution in [1.82, 2.24) is 19.7 Å². The number of carbonyl (C=O) groups excluding carboxylic acids is 2. The molecule has 0 saturated carbocycles. The first-order valence-electron chi connectivity index (χ1n) is 12.1. The van der Waals surface area contributed by atoms with E-state index in [0.717, 1.165) is 25.9 Å². The van der Waals surface area contributed by atoms with Crippen molar-refractivity contribution < 1.29 is 9.59 Å². The molecule has 1 aromatic heterocycles. The maximum absolute atomic E-state index is 12.2. The van der Waals surface area contributed by atoms with E-state index in [0.29, 0.717) is 55.7 Å². The Hall–Kier alpha value is -2.16. The summed E-state index contributed by atoms with van der Waals surface area (Å²) >= 11 is 12.5. The molecule has 1 aromatic rings. The molecule has 8 nitrogen and oxygen atoms in total. The summed E-state index contributed by atoms with van der Waals surface area (Å²) < 4.78 is 0. The zero-order chi connectivity index (χ0) is 25.8. The van der Waals surface area contributed by atoms with Gasteiger partial charge < -0.3 is 15.1 Å². The molecule has 2 aliphatic rings. The van der Waals surface area contributed by atoms with E-state index in [1.165, 1.54) is 6.08 Å². The van der Waals surface area contributed by atoms with Crippen LogP contribution in [0.15, 0.2) is 23.7 Å². The van der Waals surface area contributed by atoms with Crippen molar-refractivity contribution >= 4 is 47.2 Å². The molecule has 1 N–H and O–H groups in total. The fourth-order valence-corrected chi connectivity index (χ4v) is 5.03. The third-order valence-electron chi connectivity index (χ3n) is 6.82. The lowest BCUT2D eigenvalue weighted by Crippen LogP contribution is -2.55. The molecule has 0 aliphatic carbocycles. The van der Waals surface area contributed by atoms with Crippen molar-refractivity contribution in [2.75, 3.05) is 44.6 Å².